The average molecular weight is 271 g/mol. The first kappa shape index (κ1) is 16.9. The van der Waals surface area contributed by atoms with E-state index in [1.54, 1.807) is 7.11 Å². The Morgan fingerprint density at radius 2 is 1.84 bits per heavy atom. The van der Waals surface area contributed by atoms with Crippen LogP contribution >= 0.6 is 0 Å². The maximum absolute atomic E-state index is 9.03. The quantitative estimate of drug-likeness (QED) is 0.748. The van der Waals surface area contributed by atoms with Gasteiger partial charge in [0.2, 0.25) is 0 Å². The van der Waals surface area contributed by atoms with Crippen molar-refractivity contribution in [2.24, 2.45) is 17.3 Å². The second-order valence-corrected chi connectivity index (χ2v) is 7.16. The fraction of sp³-hybridized carbons (Fsp3) is 1.00. The summed E-state index contributed by atoms with van der Waals surface area (Å²) in [6.45, 7) is 9.10. The Labute approximate surface area is 119 Å². The zero-order valence-corrected chi connectivity index (χ0v) is 13.2. The Bertz CT molecular complexity index is 223. The van der Waals surface area contributed by atoms with Gasteiger partial charge >= 0.3 is 0 Å². The number of aliphatic hydroxyl groups excluding tert-OH is 1. The lowest BCUT2D eigenvalue weighted by Gasteiger charge is -2.37. The Morgan fingerprint density at radius 1 is 1.21 bits per heavy atom. The maximum Gasteiger partial charge on any atom is 0.0616 e. The van der Waals surface area contributed by atoms with E-state index in [2.05, 4.69) is 26.1 Å². The standard InChI is InChI=1S/C16H33NO2/c1-16(2,3)14-7-5-13(6-8-14)11-17-15(9-10-18)12-19-4/h13-15,17-18H,5-12H2,1-4H3. The maximum atomic E-state index is 9.03. The van der Waals surface area contributed by atoms with Crippen molar-refractivity contribution in [2.45, 2.75) is 58.9 Å². The van der Waals surface area contributed by atoms with Gasteiger partial charge < -0.3 is 15.2 Å². The van der Waals surface area contributed by atoms with Gasteiger partial charge in [-0.1, -0.05) is 20.8 Å². The Morgan fingerprint density at radius 3 is 2.32 bits per heavy atom. The highest BCUT2D eigenvalue weighted by Gasteiger charge is 2.29. The molecule has 0 amide bonds. The lowest BCUT2D eigenvalue weighted by Crippen LogP contribution is -2.38. The molecule has 1 aliphatic rings. The van der Waals surface area contributed by atoms with Crippen molar-refractivity contribution in [1.82, 2.24) is 5.32 Å². The summed E-state index contributed by atoms with van der Waals surface area (Å²) in [7, 11) is 1.72. The van der Waals surface area contributed by atoms with Gasteiger partial charge in [-0.2, -0.15) is 0 Å². The summed E-state index contributed by atoms with van der Waals surface area (Å²) < 4.78 is 5.18. The van der Waals surface area contributed by atoms with E-state index in [4.69, 9.17) is 9.84 Å². The first-order chi connectivity index (χ1) is 8.97. The molecule has 0 aromatic carbocycles. The highest BCUT2D eigenvalue weighted by atomic mass is 16.5. The molecule has 0 aromatic heterocycles. The van der Waals surface area contributed by atoms with Gasteiger partial charge in [0.1, 0.15) is 0 Å². The Kier molecular flexibility index (Phi) is 7.33. The van der Waals surface area contributed by atoms with Gasteiger partial charge in [0.25, 0.3) is 0 Å². The highest BCUT2D eigenvalue weighted by Crippen LogP contribution is 2.39. The molecule has 0 aromatic rings. The van der Waals surface area contributed by atoms with E-state index >= 15 is 0 Å². The summed E-state index contributed by atoms with van der Waals surface area (Å²) in [4.78, 5) is 0. The third-order valence-corrected chi connectivity index (χ3v) is 4.61. The van der Waals surface area contributed by atoms with Crippen LogP contribution in [0.2, 0.25) is 0 Å². The zero-order chi connectivity index (χ0) is 14.3. The predicted molar refractivity (Wildman–Crippen MR) is 80.3 cm³/mol. The number of rotatable bonds is 7. The molecule has 1 fully saturated rings. The topological polar surface area (TPSA) is 41.5 Å². The van der Waals surface area contributed by atoms with Crippen molar-refractivity contribution in [2.75, 3.05) is 26.9 Å². The number of aliphatic hydroxyl groups is 1. The third-order valence-electron chi connectivity index (χ3n) is 4.61. The molecular weight excluding hydrogens is 238 g/mol. The first-order valence-corrected chi connectivity index (χ1v) is 7.80. The molecule has 0 bridgehead atoms. The average Bonchev–Trinajstić information content (AvgIpc) is 2.36. The van der Waals surface area contributed by atoms with E-state index in [1.165, 1.54) is 25.7 Å². The molecule has 0 spiro atoms. The summed E-state index contributed by atoms with van der Waals surface area (Å²) in [5.74, 6) is 1.69. The van der Waals surface area contributed by atoms with Crippen molar-refractivity contribution >= 4 is 0 Å². The van der Waals surface area contributed by atoms with Crippen molar-refractivity contribution in [3.63, 3.8) is 0 Å². The van der Waals surface area contributed by atoms with E-state index in [-0.39, 0.29) is 6.61 Å². The van der Waals surface area contributed by atoms with Crippen molar-refractivity contribution in [1.29, 1.82) is 0 Å². The Hall–Kier alpha value is -0.120. The fourth-order valence-corrected chi connectivity index (χ4v) is 3.17. The van der Waals surface area contributed by atoms with Crippen LogP contribution in [0.25, 0.3) is 0 Å². The van der Waals surface area contributed by atoms with Crippen LogP contribution in [-0.4, -0.2) is 38.0 Å². The number of hydrogen-bond donors (Lipinski definition) is 2. The van der Waals surface area contributed by atoms with E-state index in [1.807, 2.05) is 0 Å². The normalized spacial score (nSPS) is 26.4. The van der Waals surface area contributed by atoms with Crippen LogP contribution in [0.3, 0.4) is 0 Å². The molecule has 0 heterocycles. The van der Waals surface area contributed by atoms with Gasteiger partial charge in [-0.15, -0.1) is 0 Å². The smallest absolute Gasteiger partial charge is 0.0616 e. The van der Waals surface area contributed by atoms with E-state index in [0.29, 0.717) is 18.1 Å². The minimum Gasteiger partial charge on any atom is -0.396 e. The van der Waals surface area contributed by atoms with Crippen molar-refractivity contribution < 1.29 is 9.84 Å². The minimum absolute atomic E-state index is 0.234. The summed E-state index contributed by atoms with van der Waals surface area (Å²) in [5.41, 5.74) is 0.466. The van der Waals surface area contributed by atoms with Gasteiger partial charge in [0, 0.05) is 19.8 Å². The first-order valence-electron chi connectivity index (χ1n) is 7.80. The largest absolute Gasteiger partial charge is 0.396 e. The molecule has 3 heteroatoms. The summed E-state index contributed by atoms with van der Waals surface area (Å²) in [6.07, 6.45) is 6.20. The van der Waals surface area contributed by atoms with Crippen LogP contribution in [0.4, 0.5) is 0 Å². The molecule has 1 atom stereocenters. The molecule has 2 N–H and O–H groups in total. The second kappa shape index (κ2) is 8.23. The zero-order valence-electron chi connectivity index (χ0n) is 13.2. The Balaban J connectivity index is 2.25. The van der Waals surface area contributed by atoms with Crippen LogP contribution in [0, 0.1) is 17.3 Å². The molecule has 1 rings (SSSR count). The molecule has 1 unspecified atom stereocenters. The highest BCUT2D eigenvalue weighted by molar-refractivity contribution is 4.82. The molecule has 19 heavy (non-hydrogen) atoms. The lowest BCUT2D eigenvalue weighted by atomic mass is 9.70. The van der Waals surface area contributed by atoms with E-state index in [9.17, 15) is 0 Å². The second-order valence-electron chi connectivity index (χ2n) is 7.16. The molecular formula is C16H33NO2. The molecule has 1 aliphatic carbocycles. The number of hydrogen-bond acceptors (Lipinski definition) is 3. The summed E-state index contributed by atoms with van der Waals surface area (Å²) in [5, 5.41) is 12.6. The van der Waals surface area contributed by atoms with Gasteiger partial charge in [-0.3, -0.25) is 0 Å². The third kappa shape index (κ3) is 6.24. The molecule has 0 aliphatic heterocycles. The van der Waals surface area contributed by atoms with E-state index < -0.39 is 0 Å². The van der Waals surface area contributed by atoms with Crippen LogP contribution in [0.5, 0.6) is 0 Å². The lowest BCUT2D eigenvalue weighted by molar-refractivity contribution is 0.129. The number of methoxy groups -OCH3 is 1. The van der Waals surface area contributed by atoms with Crippen molar-refractivity contribution in [3.05, 3.63) is 0 Å². The predicted octanol–water partition coefficient (Wildman–Crippen LogP) is 2.83. The summed E-state index contributed by atoms with van der Waals surface area (Å²) >= 11 is 0. The van der Waals surface area contributed by atoms with Crippen LogP contribution in [-0.2, 0) is 4.74 Å². The van der Waals surface area contributed by atoms with Crippen LogP contribution in [0.1, 0.15) is 52.9 Å². The monoisotopic (exact) mass is 271 g/mol. The molecule has 0 radical (unpaired) electrons. The van der Waals surface area contributed by atoms with Gasteiger partial charge in [0.15, 0.2) is 0 Å². The molecule has 114 valence electrons. The van der Waals surface area contributed by atoms with Crippen LogP contribution < -0.4 is 5.32 Å². The van der Waals surface area contributed by atoms with Gasteiger partial charge in [0.05, 0.1) is 6.61 Å². The number of ether oxygens (including phenoxy) is 1. The molecule has 0 saturated heterocycles. The molecule has 1 saturated carbocycles. The SMILES string of the molecule is COCC(CCO)NCC1CCC(C(C)(C)C)CC1. The van der Waals surface area contributed by atoms with Gasteiger partial charge in [-0.05, 0) is 55.9 Å². The number of nitrogens with one attached hydrogen (secondary N) is 1. The van der Waals surface area contributed by atoms with Gasteiger partial charge in [-0.25, -0.2) is 0 Å². The van der Waals surface area contributed by atoms with E-state index in [0.717, 1.165) is 24.8 Å². The summed E-state index contributed by atoms with van der Waals surface area (Å²) in [6, 6.07) is 0.301. The minimum atomic E-state index is 0.234. The van der Waals surface area contributed by atoms with Crippen molar-refractivity contribution in [3.8, 4) is 0 Å². The van der Waals surface area contributed by atoms with Crippen LogP contribution in [0.15, 0.2) is 0 Å². The fourth-order valence-electron chi connectivity index (χ4n) is 3.17. The molecule has 3 nitrogen and oxygen atoms in total.